The Labute approximate surface area is 154 Å². The molecule has 0 radical (unpaired) electrons. The van der Waals surface area contributed by atoms with Crippen molar-refractivity contribution in [2.45, 2.75) is 18.8 Å². The Morgan fingerprint density at radius 2 is 1.65 bits per heavy atom. The zero-order valence-electron chi connectivity index (χ0n) is 15.4. The van der Waals surface area contributed by atoms with Crippen molar-refractivity contribution in [3.63, 3.8) is 0 Å². The van der Waals surface area contributed by atoms with Gasteiger partial charge in [-0.25, -0.2) is 4.79 Å². The van der Waals surface area contributed by atoms with Gasteiger partial charge in [-0.3, -0.25) is 0 Å². The minimum Gasteiger partial charge on any atom is -0.497 e. The number of methoxy groups -OCH3 is 2. The molecule has 1 saturated heterocycles. The molecule has 0 bridgehead atoms. The number of hydrogen-bond acceptors (Lipinski definition) is 3. The lowest BCUT2D eigenvalue weighted by Gasteiger charge is -2.18. The molecule has 0 saturated carbocycles. The number of nitrogens with one attached hydrogen (secondary N) is 1. The van der Waals surface area contributed by atoms with E-state index in [1.54, 1.807) is 14.2 Å². The molecule has 1 aliphatic rings. The van der Waals surface area contributed by atoms with Gasteiger partial charge >= 0.3 is 6.03 Å². The predicted molar refractivity (Wildman–Crippen MR) is 102 cm³/mol. The quantitative estimate of drug-likeness (QED) is 0.864. The lowest BCUT2D eigenvalue weighted by molar-refractivity contribution is 0.208. The number of hydrogen-bond donors (Lipinski definition) is 1. The van der Waals surface area contributed by atoms with Crippen LogP contribution in [0.3, 0.4) is 0 Å². The Morgan fingerprint density at radius 1 is 1.04 bits per heavy atom. The smallest absolute Gasteiger partial charge is 0.317 e. The highest BCUT2D eigenvalue weighted by molar-refractivity contribution is 5.74. The first-order valence-corrected chi connectivity index (χ1v) is 8.99. The topological polar surface area (TPSA) is 50.8 Å². The average molecular weight is 354 g/mol. The fourth-order valence-corrected chi connectivity index (χ4v) is 3.31. The second kappa shape index (κ2) is 8.61. The summed E-state index contributed by atoms with van der Waals surface area (Å²) in [7, 11) is 3.33. The number of amides is 2. The standard InChI is InChI=1S/C21H26N2O3/c1-25-19-7-3-16(4-8-19)11-13-22-21(24)23-14-12-18(15-23)17-5-9-20(26-2)10-6-17/h3-10,18H,11-15H2,1-2H3,(H,22,24). The lowest BCUT2D eigenvalue weighted by atomic mass is 9.98. The number of benzene rings is 2. The summed E-state index contributed by atoms with van der Waals surface area (Å²) in [5.41, 5.74) is 2.45. The first kappa shape index (κ1) is 18.1. The molecule has 138 valence electrons. The summed E-state index contributed by atoms with van der Waals surface area (Å²) in [5.74, 6) is 2.10. The fraction of sp³-hybridized carbons (Fsp3) is 0.381. The number of rotatable bonds is 6. The molecule has 2 aromatic rings. The summed E-state index contributed by atoms with van der Waals surface area (Å²) < 4.78 is 10.4. The van der Waals surface area contributed by atoms with Crippen molar-refractivity contribution in [1.82, 2.24) is 10.2 Å². The van der Waals surface area contributed by atoms with Gasteiger partial charge in [0.25, 0.3) is 0 Å². The van der Waals surface area contributed by atoms with E-state index in [2.05, 4.69) is 17.4 Å². The molecule has 2 aromatic carbocycles. The van der Waals surface area contributed by atoms with Crippen LogP contribution in [0.4, 0.5) is 4.79 Å². The van der Waals surface area contributed by atoms with Gasteiger partial charge in [0, 0.05) is 25.6 Å². The highest BCUT2D eigenvalue weighted by atomic mass is 16.5. The molecular formula is C21H26N2O3. The molecule has 1 N–H and O–H groups in total. The molecule has 1 aliphatic heterocycles. The minimum absolute atomic E-state index is 0.0227. The Balaban J connectivity index is 1.44. The fourth-order valence-electron chi connectivity index (χ4n) is 3.31. The Kier molecular flexibility index (Phi) is 6.00. The number of carbonyl (C=O) groups excluding carboxylic acids is 1. The molecular weight excluding hydrogens is 328 g/mol. The van der Waals surface area contributed by atoms with Crippen LogP contribution in [0.2, 0.25) is 0 Å². The third-order valence-electron chi connectivity index (χ3n) is 4.91. The molecule has 2 amide bonds. The third-order valence-corrected chi connectivity index (χ3v) is 4.91. The van der Waals surface area contributed by atoms with Crippen LogP contribution in [0.1, 0.15) is 23.5 Å². The molecule has 1 fully saturated rings. The molecule has 1 unspecified atom stereocenters. The highest BCUT2D eigenvalue weighted by Gasteiger charge is 2.27. The van der Waals surface area contributed by atoms with E-state index in [4.69, 9.17) is 9.47 Å². The van der Waals surface area contributed by atoms with Crippen molar-refractivity contribution in [2.24, 2.45) is 0 Å². The van der Waals surface area contributed by atoms with Gasteiger partial charge in [0.15, 0.2) is 0 Å². The summed E-state index contributed by atoms with van der Waals surface area (Å²) in [6, 6.07) is 16.1. The first-order chi connectivity index (χ1) is 12.7. The largest absolute Gasteiger partial charge is 0.497 e. The van der Waals surface area contributed by atoms with E-state index >= 15 is 0 Å². The van der Waals surface area contributed by atoms with Crippen LogP contribution in [-0.4, -0.2) is 44.8 Å². The van der Waals surface area contributed by atoms with Gasteiger partial charge in [-0.2, -0.15) is 0 Å². The maximum absolute atomic E-state index is 12.4. The van der Waals surface area contributed by atoms with E-state index in [-0.39, 0.29) is 6.03 Å². The third kappa shape index (κ3) is 4.48. The molecule has 26 heavy (non-hydrogen) atoms. The van der Waals surface area contributed by atoms with Crippen molar-refractivity contribution in [2.75, 3.05) is 33.9 Å². The summed E-state index contributed by atoms with van der Waals surface area (Å²) in [6.07, 6.45) is 1.81. The second-order valence-corrected chi connectivity index (χ2v) is 6.53. The van der Waals surface area contributed by atoms with Gasteiger partial charge in [-0.1, -0.05) is 24.3 Å². The highest BCUT2D eigenvalue weighted by Crippen LogP contribution is 2.28. The van der Waals surface area contributed by atoms with E-state index in [1.165, 1.54) is 11.1 Å². The van der Waals surface area contributed by atoms with Gasteiger partial charge in [0.2, 0.25) is 0 Å². The van der Waals surface area contributed by atoms with E-state index in [1.807, 2.05) is 41.3 Å². The maximum atomic E-state index is 12.4. The van der Waals surface area contributed by atoms with Crippen LogP contribution in [0.25, 0.3) is 0 Å². The van der Waals surface area contributed by atoms with E-state index in [0.29, 0.717) is 12.5 Å². The molecule has 0 aromatic heterocycles. The average Bonchev–Trinajstić information content (AvgIpc) is 3.19. The molecule has 0 spiro atoms. The lowest BCUT2D eigenvalue weighted by Crippen LogP contribution is -2.39. The van der Waals surface area contributed by atoms with Gasteiger partial charge in [-0.05, 0) is 48.2 Å². The minimum atomic E-state index is 0.0227. The van der Waals surface area contributed by atoms with Crippen LogP contribution in [0.15, 0.2) is 48.5 Å². The Morgan fingerprint density at radius 3 is 2.27 bits per heavy atom. The van der Waals surface area contributed by atoms with Crippen LogP contribution in [-0.2, 0) is 6.42 Å². The molecule has 5 nitrogen and oxygen atoms in total. The number of nitrogens with zero attached hydrogens (tertiary/aromatic N) is 1. The summed E-state index contributed by atoms with van der Waals surface area (Å²) in [6.45, 7) is 2.20. The Bertz CT molecular complexity index is 713. The number of urea groups is 1. The first-order valence-electron chi connectivity index (χ1n) is 8.99. The molecule has 1 heterocycles. The van der Waals surface area contributed by atoms with Gasteiger partial charge < -0.3 is 19.7 Å². The summed E-state index contributed by atoms with van der Waals surface area (Å²) in [5, 5.41) is 3.03. The number of ether oxygens (including phenoxy) is 2. The normalized spacial score (nSPS) is 16.4. The number of carbonyl (C=O) groups is 1. The van der Waals surface area contributed by atoms with Crippen LogP contribution in [0, 0.1) is 0 Å². The molecule has 1 atom stereocenters. The monoisotopic (exact) mass is 354 g/mol. The SMILES string of the molecule is COc1ccc(CCNC(=O)N2CCC(c3ccc(OC)cc3)C2)cc1. The zero-order chi connectivity index (χ0) is 18.4. The van der Waals surface area contributed by atoms with E-state index < -0.39 is 0 Å². The zero-order valence-corrected chi connectivity index (χ0v) is 15.4. The molecule has 5 heteroatoms. The van der Waals surface area contributed by atoms with Gasteiger partial charge in [-0.15, -0.1) is 0 Å². The molecule has 0 aliphatic carbocycles. The van der Waals surface area contributed by atoms with Crippen LogP contribution < -0.4 is 14.8 Å². The predicted octanol–water partition coefficient (Wildman–Crippen LogP) is 3.45. The van der Waals surface area contributed by atoms with E-state index in [9.17, 15) is 4.79 Å². The maximum Gasteiger partial charge on any atom is 0.317 e. The van der Waals surface area contributed by atoms with Crippen molar-refractivity contribution >= 4 is 6.03 Å². The van der Waals surface area contributed by atoms with Crippen molar-refractivity contribution in [1.29, 1.82) is 0 Å². The Hall–Kier alpha value is -2.69. The van der Waals surface area contributed by atoms with Crippen LogP contribution in [0.5, 0.6) is 11.5 Å². The van der Waals surface area contributed by atoms with Gasteiger partial charge in [0.1, 0.15) is 11.5 Å². The summed E-state index contributed by atoms with van der Waals surface area (Å²) >= 11 is 0. The van der Waals surface area contributed by atoms with Crippen molar-refractivity contribution < 1.29 is 14.3 Å². The second-order valence-electron chi connectivity index (χ2n) is 6.53. The van der Waals surface area contributed by atoms with E-state index in [0.717, 1.165) is 37.4 Å². The summed E-state index contributed by atoms with van der Waals surface area (Å²) in [4.78, 5) is 14.3. The van der Waals surface area contributed by atoms with Crippen LogP contribution >= 0.6 is 0 Å². The number of likely N-dealkylation sites (tertiary alicyclic amines) is 1. The molecule has 3 rings (SSSR count). The van der Waals surface area contributed by atoms with Gasteiger partial charge in [0.05, 0.1) is 14.2 Å². The van der Waals surface area contributed by atoms with Crippen molar-refractivity contribution in [3.8, 4) is 11.5 Å². The van der Waals surface area contributed by atoms with Crippen molar-refractivity contribution in [3.05, 3.63) is 59.7 Å².